The lowest BCUT2D eigenvalue weighted by atomic mass is 9.55. The van der Waals surface area contributed by atoms with Gasteiger partial charge in [-0.15, -0.1) is 0 Å². The highest BCUT2D eigenvalue weighted by Gasteiger charge is 2.71. The summed E-state index contributed by atoms with van der Waals surface area (Å²) < 4.78 is 46.4. The number of carbonyl (C=O) groups excluding carboxylic acids is 1. The molecule has 11 heteroatoms. The average Bonchev–Trinajstić information content (AvgIpc) is 3.09. The second-order valence-corrected chi connectivity index (χ2v) is 8.71. The van der Waals surface area contributed by atoms with Gasteiger partial charge in [-0.05, 0) is 44.2 Å². The van der Waals surface area contributed by atoms with Gasteiger partial charge in [-0.1, -0.05) is 0 Å². The second-order valence-electron chi connectivity index (χ2n) is 8.71. The molecule has 1 aromatic heterocycles. The molecule has 0 bridgehead atoms. The van der Waals surface area contributed by atoms with Crippen molar-refractivity contribution in [3.05, 3.63) is 47.8 Å². The molecule has 1 amide bonds. The number of aromatic nitrogens is 1. The molecular formula is C22H22F2N4O5. The summed E-state index contributed by atoms with van der Waals surface area (Å²) in [5, 5.41) is 2.77. The largest absolute Gasteiger partial charge is 0.487 e. The van der Waals surface area contributed by atoms with Crippen LogP contribution in [-0.2, 0) is 15.0 Å². The van der Waals surface area contributed by atoms with Crippen molar-refractivity contribution in [3.63, 3.8) is 0 Å². The lowest BCUT2D eigenvalue weighted by Crippen LogP contribution is -2.71. The quantitative estimate of drug-likeness (QED) is 0.720. The van der Waals surface area contributed by atoms with E-state index >= 15 is 0 Å². The van der Waals surface area contributed by atoms with Crippen LogP contribution in [0.25, 0.3) is 0 Å². The minimum Gasteiger partial charge on any atom is -0.487 e. The molecule has 3 aliphatic rings. The standard InChI is InChI=1S/C22H22F2N4O5/c1-20(2)21(9-30-10-21)22(11-31-19(25)28-22)14-7-12(3-6-16(14)33-20)27-17(29)15-5-4-13(8-26-15)32-18(23)24/h3-8,18H,9-11H2,1-2H3,(H2,25,28)(H,27,29). The van der Waals surface area contributed by atoms with Gasteiger partial charge in [0.05, 0.1) is 24.8 Å². The highest BCUT2D eigenvalue weighted by atomic mass is 19.3. The van der Waals surface area contributed by atoms with Gasteiger partial charge in [-0.3, -0.25) is 4.79 Å². The van der Waals surface area contributed by atoms with Crippen LogP contribution in [0.1, 0.15) is 29.9 Å². The number of fused-ring (bicyclic) bond motifs is 3. The number of nitrogens with zero attached hydrogens (tertiary/aromatic N) is 2. The number of amides is 1. The van der Waals surface area contributed by atoms with Crippen molar-refractivity contribution < 1.29 is 32.5 Å². The molecule has 5 rings (SSSR count). The van der Waals surface area contributed by atoms with Gasteiger partial charge in [0.2, 0.25) is 0 Å². The fourth-order valence-corrected chi connectivity index (χ4v) is 4.74. The maximum atomic E-state index is 12.7. The second kappa shape index (κ2) is 7.27. The van der Waals surface area contributed by atoms with Gasteiger partial charge in [-0.2, -0.15) is 8.78 Å². The summed E-state index contributed by atoms with van der Waals surface area (Å²) >= 11 is 0. The van der Waals surface area contributed by atoms with E-state index in [1.54, 1.807) is 18.2 Å². The number of hydrogen-bond acceptors (Lipinski definition) is 8. The number of amidine groups is 1. The third-order valence-electron chi connectivity index (χ3n) is 6.61. The van der Waals surface area contributed by atoms with E-state index in [9.17, 15) is 13.6 Å². The smallest absolute Gasteiger partial charge is 0.387 e. The first-order valence-corrected chi connectivity index (χ1v) is 10.3. The van der Waals surface area contributed by atoms with Crippen molar-refractivity contribution in [1.82, 2.24) is 4.98 Å². The lowest BCUT2D eigenvalue weighted by Gasteiger charge is -2.61. The molecule has 0 saturated carbocycles. The number of anilines is 1. The van der Waals surface area contributed by atoms with Crippen molar-refractivity contribution in [2.75, 3.05) is 25.1 Å². The molecule has 2 spiro atoms. The zero-order valence-corrected chi connectivity index (χ0v) is 17.9. The molecule has 3 N–H and O–H groups in total. The molecule has 9 nitrogen and oxygen atoms in total. The first-order valence-electron chi connectivity index (χ1n) is 10.3. The van der Waals surface area contributed by atoms with Gasteiger partial charge in [-0.25, -0.2) is 9.98 Å². The molecule has 174 valence electrons. The van der Waals surface area contributed by atoms with Crippen molar-refractivity contribution in [2.24, 2.45) is 16.1 Å². The van der Waals surface area contributed by atoms with E-state index in [0.29, 0.717) is 24.7 Å². The van der Waals surface area contributed by atoms with Gasteiger partial charge in [0, 0.05) is 11.3 Å². The molecule has 1 unspecified atom stereocenters. The van der Waals surface area contributed by atoms with Crippen LogP contribution in [0.5, 0.6) is 11.5 Å². The molecule has 3 aliphatic heterocycles. The van der Waals surface area contributed by atoms with Crippen LogP contribution in [0.15, 0.2) is 41.5 Å². The third-order valence-corrected chi connectivity index (χ3v) is 6.61. The number of aliphatic imine (C=N–C) groups is 1. The van der Waals surface area contributed by atoms with Crippen molar-refractivity contribution in [2.45, 2.75) is 31.6 Å². The first-order chi connectivity index (χ1) is 15.7. The van der Waals surface area contributed by atoms with Crippen LogP contribution in [0, 0.1) is 5.41 Å². The van der Waals surface area contributed by atoms with E-state index < -0.39 is 29.1 Å². The summed E-state index contributed by atoms with van der Waals surface area (Å²) in [4.78, 5) is 21.3. The molecular weight excluding hydrogens is 438 g/mol. The normalized spacial score (nSPS) is 23.8. The fraction of sp³-hybridized carbons (Fsp3) is 0.409. The number of ether oxygens (including phenoxy) is 4. The van der Waals surface area contributed by atoms with Crippen molar-refractivity contribution in [1.29, 1.82) is 0 Å². The van der Waals surface area contributed by atoms with Crippen LogP contribution in [0.4, 0.5) is 14.5 Å². The summed E-state index contributed by atoms with van der Waals surface area (Å²) in [6.45, 7) is 2.09. The predicted octanol–water partition coefficient (Wildman–Crippen LogP) is 2.66. The highest BCUT2D eigenvalue weighted by Crippen LogP contribution is 2.62. The maximum absolute atomic E-state index is 12.7. The Morgan fingerprint density at radius 3 is 2.58 bits per heavy atom. The summed E-state index contributed by atoms with van der Waals surface area (Å²) in [7, 11) is 0. The number of benzene rings is 1. The lowest BCUT2D eigenvalue weighted by molar-refractivity contribution is -0.247. The Kier molecular flexibility index (Phi) is 4.71. The molecule has 1 aromatic carbocycles. The van der Waals surface area contributed by atoms with Gasteiger partial charge < -0.3 is 30.0 Å². The fourth-order valence-electron chi connectivity index (χ4n) is 4.74. The monoisotopic (exact) mass is 460 g/mol. The first kappa shape index (κ1) is 21.4. The Morgan fingerprint density at radius 2 is 2.00 bits per heavy atom. The zero-order valence-electron chi connectivity index (χ0n) is 17.9. The Morgan fingerprint density at radius 1 is 1.21 bits per heavy atom. The van der Waals surface area contributed by atoms with Crippen LogP contribution in [-0.4, -0.2) is 48.9 Å². The molecule has 2 aromatic rings. The number of hydrogen-bond donors (Lipinski definition) is 2. The van der Waals surface area contributed by atoms with E-state index in [1.807, 2.05) is 13.8 Å². The molecule has 1 atom stereocenters. The van der Waals surface area contributed by atoms with Crippen molar-refractivity contribution in [3.8, 4) is 11.5 Å². The molecule has 0 aliphatic carbocycles. The molecule has 0 radical (unpaired) electrons. The number of alkyl halides is 2. The Bertz CT molecular complexity index is 1130. The van der Waals surface area contributed by atoms with E-state index in [2.05, 4.69) is 15.0 Å². The summed E-state index contributed by atoms with van der Waals surface area (Å²) in [5.41, 5.74) is 5.25. The number of nitrogens with two attached hydrogens (primary N) is 1. The summed E-state index contributed by atoms with van der Waals surface area (Å²) in [6, 6.07) is 7.89. The van der Waals surface area contributed by atoms with Crippen LogP contribution in [0.2, 0.25) is 0 Å². The Labute approximate surface area is 187 Å². The number of nitrogens with one attached hydrogen (secondary N) is 1. The number of rotatable bonds is 4. The van der Waals surface area contributed by atoms with Gasteiger partial charge >= 0.3 is 6.61 Å². The maximum Gasteiger partial charge on any atom is 0.387 e. The van der Waals surface area contributed by atoms with Crippen LogP contribution in [0.3, 0.4) is 0 Å². The highest BCUT2D eigenvalue weighted by molar-refractivity contribution is 6.03. The van der Waals surface area contributed by atoms with E-state index in [1.165, 1.54) is 12.1 Å². The van der Waals surface area contributed by atoms with Gasteiger partial charge in [0.1, 0.15) is 34.9 Å². The predicted molar refractivity (Wildman–Crippen MR) is 112 cm³/mol. The van der Waals surface area contributed by atoms with Gasteiger partial charge in [0.15, 0.2) is 0 Å². The third kappa shape index (κ3) is 3.17. The van der Waals surface area contributed by atoms with Gasteiger partial charge in [0.25, 0.3) is 11.9 Å². The minimum atomic E-state index is -2.97. The van der Waals surface area contributed by atoms with Crippen LogP contribution >= 0.6 is 0 Å². The Hall–Kier alpha value is -3.47. The molecule has 33 heavy (non-hydrogen) atoms. The number of halogens is 2. The van der Waals surface area contributed by atoms with Crippen LogP contribution < -0.4 is 20.5 Å². The topological polar surface area (TPSA) is 117 Å². The minimum absolute atomic E-state index is 0.0387. The summed E-state index contributed by atoms with van der Waals surface area (Å²) in [6.07, 6.45) is 1.06. The number of carbonyl (C=O) groups is 1. The Balaban J connectivity index is 1.47. The molecule has 1 saturated heterocycles. The van der Waals surface area contributed by atoms with E-state index in [-0.39, 0.29) is 24.1 Å². The zero-order chi connectivity index (χ0) is 23.4. The van der Waals surface area contributed by atoms with E-state index in [0.717, 1.165) is 11.8 Å². The SMILES string of the molecule is CC1(C)Oc2ccc(NC(=O)c3ccc(OC(F)F)cn3)cc2C2(COC(N)=N2)C12COC2. The molecule has 1 fully saturated rings. The molecule has 4 heterocycles. The summed E-state index contributed by atoms with van der Waals surface area (Å²) in [5.74, 6) is -0.0389. The average molecular weight is 460 g/mol. The van der Waals surface area contributed by atoms with Crippen molar-refractivity contribution >= 4 is 17.6 Å². The van der Waals surface area contributed by atoms with E-state index in [4.69, 9.17) is 24.9 Å². The number of pyridine rings is 1.